The smallest absolute Gasteiger partial charge is 0.308 e. The number of hydrogen-bond acceptors (Lipinski definition) is 4. The van der Waals surface area contributed by atoms with Gasteiger partial charge in [-0.1, -0.05) is 34.1 Å². The number of ether oxygens (including phenoxy) is 2. The lowest BCUT2D eigenvalue weighted by Gasteiger charge is -2.23. The van der Waals surface area contributed by atoms with Gasteiger partial charge in [0.25, 0.3) is 0 Å². The molecule has 25 heavy (non-hydrogen) atoms. The topological polar surface area (TPSA) is 52.6 Å². The maximum atomic E-state index is 11.4. The molecule has 0 heterocycles. The zero-order chi connectivity index (χ0) is 18.7. The van der Waals surface area contributed by atoms with Gasteiger partial charge >= 0.3 is 11.9 Å². The van der Waals surface area contributed by atoms with Gasteiger partial charge in [0.2, 0.25) is 0 Å². The minimum absolute atomic E-state index is 0.00519. The van der Waals surface area contributed by atoms with Crippen molar-refractivity contribution in [3.8, 4) is 0 Å². The predicted octanol–water partition coefficient (Wildman–Crippen LogP) is 5.43. The molecule has 0 spiro atoms. The van der Waals surface area contributed by atoms with Crippen LogP contribution in [-0.2, 0) is 19.1 Å². The largest absolute Gasteiger partial charge is 0.462 e. The van der Waals surface area contributed by atoms with E-state index < -0.39 is 0 Å². The lowest BCUT2D eigenvalue weighted by molar-refractivity contribution is -0.155. The van der Waals surface area contributed by atoms with Crippen molar-refractivity contribution in [2.75, 3.05) is 0 Å². The molecule has 146 valence electrons. The van der Waals surface area contributed by atoms with Crippen LogP contribution in [0.3, 0.4) is 0 Å². The molecule has 0 aliphatic heterocycles. The van der Waals surface area contributed by atoms with Crippen LogP contribution in [-0.4, -0.2) is 24.1 Å². The highest BCUT2D eigenvalue weighted by atomic mass is 16.5. The minimum atomic E-state index is -0.00981. The first-order valence-electron chi connectivity index (χ1n) is 10.4. The van der Waals surface area contributed by atoms with Gasteiger partial charge in [-0.15, -0.1) is 0 Å². The summed E-state index contributed by atoms with van der Waals surface area (Å²) in [5.74, 6) is 0.131. The molecule has 4 nitrogen and oxygen atoms in total. The molecule has 0 N–H and O–H groups in total. The van der Waals surface area contributed by atoms with Crippen molar-refractivity contribution >= 4 is 11.9 Å². The van der Waals surface area contributed by atoms with E-state index in [0.29, 0.717) is 0 Å². The van der Waals surface area contributed by atoms with Gasteiger partial charge in [-0.05, 0) is 64.2 Å². The molecule has 0 bridgehead atoms. The molecule has 0 amide bonds. The van der Waals surface area contributed by atoms with E-state index in [1.54, 1.807) is 0 Å². The Bertz CT molecular complexity index is 381. The summed E-state index contributed by atoms with van der Waals surface area (Å²) in [6, 6.07) is 0. The van der Waals surface area contributed by atoms with Crippen LogP contribution >= 0.6 is 0 Å². The molecule has 2 unspecified atom stereocenters. The van der Waals surface area contributed by atoms with E-state index in [4.69, 9.17) is 9.47 Å². The number of hydrogen-bond donors (Lipinski definition) is 0. The SMILES string of the molecule is CCC(C)C(=O)OC1CCCC1.CCC(C)C(=O)OC1CCCCC1. The second-order valence-electron chi connectivity index (χ2n) is 7.66. The summed E-state index contributed by atoms with van der Waals surface area (Å²) in [7, 11) is 0. The summed E-state index contributed by atoms with van der Waals surface area (Å²) in [4.78, 5) is 22.7. The lowest BCUT2D eigenvalue weighted by Crippen LogP contribution is -2.24. The molecule has 2 atom stereocenters. The Labute approximate surface area is 154 Å². The van der Waals surface area contributed by atoms with Crippen molar-refractivity contribution in [2.24, 2.45) is 11.8 Å². The van der Waals surface area contributed by atoms with Gasteiger partial charge in [-0.25, -0.2) is 0 Å². The Morgan fingerprint density at radius 1 is 0.720 bits per heavy atom. The number of rotatable bonds is 6. The van der Waals surface area contributed by atoms with Crippen LogP contribution in [0.2, 0.25) is 0 Å². The first kappa shape index (κ1) is 22.0. The molecule has 0 saturated heterocycles. The van der Waals surface area contributed by atoms with Crippen LogP contribution in [0.4, 0.5) is 0 Å². The van der Waals surface area contributed by atoms with E-state index in [1.165, 1.54) is 32.1 Å². The van der Waals surface area contributed by atoms with Crippen molar-refractivity contribution in [1.29, 1.82) is 0 Å². The van der Waals surface area contributed by atoms with Crippen LogP contribution < -0.4 is 0 Å². The Morgan fingerprint density at radius 2 is 1.04 bits per heavy atom. The standard InChI is InChI=1S/C11H20O2.C10H18O2/c1-3-9(2)11(12)13-10-7-5-4-6-8-10;1-3-8(2)10(11)12-9-6-4-5-7-9/h9-10H,3-8H2,1-2H3;8-9H,3-7H2,1-2H3. The highest BCUT2D eigenvalue weighted by Gasteiger charge is 2.22. The monoisotopic (exact) mass is 354 g/mol. The summed E-state index contributed by atoms with van der Waals surface area (Å²) in [5, 5.41) is 0. The van der Waals surface area contributed by atoms with E-state index in [0.717, 1.165) is 38.5 Å². The quantitative estimate of drug-likeness (QED) is 0.597. The molecule has 2 fully saturated rings. The third-order valence-electron chi connectivity index (χ3n) is 5.45. The highest BCUT2D eigenvalue weighted by Crippen LogP contribution is 2.22. The fourth-order valence-corrected chi connectivity index (χ4v) is 3.08. The molecule has 2 saturated carbocycles. The zero-order valence-corrected chi connectivity index (χ0v) is 16.7. The summed E-state index contributed by atoms with van der Waals surface area (Å²) >= 11 is 0. The summed E-state index contributed by atoms with van der Waals surface area (Å²) in [6.07, 6.45) is 12.7. The van der Waals surface area contributed by atoms with Crippen LogP contribution in [0.1, 0.15) is 98.3 Å². The molecule has 2 rings (SSSR count). The van der Waals surface area contributed by atoms with E-state index in [-0.39, 0.29) is 36.0 Å². The van der Waals surface area contributed by atoms with E-state index in [1.807, 2.05) is 27.7 Å². The van der Waals surface area contributed by atoms with E-state index in [9.17, 15) is 9.59 Å². The average Bonchev–Trinajstić information content (AvgIpc) is 3.14. The van der Waals surface area contributed by atoms with Crippen LogP contribution in [0.15, 0.2) is 0 Å². The fourth-order valence-electron chi connectivity index (χ4n) is 3.08. The Hall–Kier alpha value is -1.06. The third-order valence-corrected chi connectivity index (χ3v) is 5.45. The van der Waals surface area contributed by atoms with Crippen LogP contribution in [0.25, 0.3) is 0 Å². The summed E-state index contributed by atoms with van der Waals surface area (Å²) < 4.78 is 10.7. The maximum Gasteiger partial charge on any atom is 0.308 e. The second kappa shape index (κ2) is 12.3. The molecular formula is C21H38O4. The first-order chi connectivity index (χ1) is 12.0. The molecule has 0 aromatic carbocycles. The van der Waals surface area contributed by atoms with Gasteiger partial charge in [0.05, 0.1) is 11.8 Å². The van der Waals surface area contributed by atoms with Gasteiger partial charge in [0.15, 0.2) is 0 Å². The molecule has 2 aliphatic carbocycles. The van der Waals surface area contributed by atoms with Crippen molar-refractivity contribution in [2.45, 2.75) is 111 Å². The van der Waals surface area contributed by atoms with Crippen molar-refractivity contribution in [3.63, 3.8) is 0 Å². The summed E-state index contributed by atoms with van der Waals surface area (Å²) in [5.41, 5.74) is 0. The number of carbonyl (C=O) groups excluding carboxylic acids is 2. The van der Waals surface area contributed by atoms with E-state index >= 15 is 0 Å². The highest BCUT2D eigenvalue weighted by molar-refractivity contribution is 5.72. The second-order valence-corrected chi connectivity index (χ2v) is 7.66. The average molecular weight is 355 g/mol. The maximum absolute atomic E-state index is 11.4. The van der Waals surface area contributed by atoms with Crippen molar-refractivity contribution < 1.29 is 19.1 Å². The van der Waals surface area contributed by atoms with Gasteiger partial charge in [0, 0.05) is 0 Å². The van der Waals surface area contributed by atoms with Gasteiger partial charge < -0.3 is 9.47 Å². The third kappa shape index (κ3) is 8.73. The molecule has 0 radical (unpaired) electrons. The summed E-state index contributed by atoms with van der Waals surface area (Å²) in [6.45, 7) is 7.90. The number of esters is 2. The molecule has 2 aliphatic rings. The Balaban J connectivity index is 0.000000251. The van der Waals surface area contributed by atoms with Crippen molar-refractivity contribution in [3.05, 3.63) is 0 Å². The zero-order valence-electron chi connectivity index (χ0n) is 16.7. The molecule has 4 heteroatoms. The van der Waals surface area contributed by atoms with Crippen LogP contribution in [0, 0.1) is 11.8 Å². The van der Waals surface area contributed by atoms with E-state index in [2.05, 4.69) is 0 Å². The van der Waals surface area contributed by atoms with Gasteiger partial charge in [-0.2, -0.15) is 0 Å². The Kier molecular flexibility index (Phi) is 10.8. The first-order valence-corrected chi connectivity index (χ1v) is 10.4. The van der Waals surface area contributed by atoms with Gasteiger partial charge in [0.1, 0.15) is 12.2 Å². The van der Waals surface area contributed by atoms with Gasteiger partial charge in [-0.3, -0.25) is 9.59 Å². The molecule has 0 aromatic heterocycles. The molecule has 0 aromatic rings. The number of carbonyl (C=O) groups is 2. The fraction of sp³-hybridized carbons (Fsp3) is 0.905. The Morgan fingerprint density at radius 3 is 1.36 bits per heavy atom. The lowest BCUT2D eigenvalue weighted by atomic mass is 9.97. The van der Waals surface area contributed by atoms with Crippen molar-refractivity contribution in [1.82, 2.24) is 0 Å². The predicted molar refractivity (Wildman–Crippen MR) is 100 cm³/mol. The minimum Gasteiger partial charge on any atom is -0.462 e. The normalized spacial score (nSPS) is 21.0. The van der Waals surface area contributed by atoms with Crippen LogP contribution in [0.5, 0.6) is 0 Å². The molecular weight excluding hydrogens is 316 g/mol.